The van der Waals surface area contributed by atoms with Gasteiger partial charge >= 0.3 is 0 Å². The zero-order valence-electron chi connectivity index (χ0n) is 16.4. The predicted octanol–water partition coefficient (Wildman–Crippen LogP) is 3.28. The fourth-order valence-electron chi connectivity index (χ4n) is 3.29. The second-order valence-corrected chi connectivity index (χ2v) is 7.90. The summed E-state index contributed by atoms with van der Waals surface area (Å²) in [6.45, 7) is 3.47. The number of rotatable bonds is 7. The van der Waals surface area contributed by atoms with Crippen molar-refractivity contribution in [2.45, 2.75) is 12.3 Å². The number of carbonyl (C=O) groups is 1. The van der Waals surface area contributed by atoms with Crippen molar-refractivity contribution in [2.75, 3.05) is 39.0 Å². The highest BCUT2D eigenvalue weighted by atomic mass is 32.2. The Kier molecular flexibility index (Phi) is 7.50. The van der Waals surface area contributed by atoms with Gasteiger partial charge in [-0.3, -0.25) is 9.69 Å². The SMILES string of the molecule is COc1ccc(F)cc1CN1CCN(C(=O)CSCc2ccc(C#N)cc2)CC1. The normalized spacial score (nSPS) is 14.4. The molecule has 29 heavy (non-hydrogen) atoms. The lowest BCUT2D eigenvalue weighted by atomic mass is 10.1. The topological polar surface area (TPSA) is 56.6 Å². The first-order chi connectivity index (χ1) is 14.1. The molecule has 0 saturated carbocycles. The van der Waals surface area contributed by atoms with Gasteiger partial charge in [0.05, 0.1) is 24.5 Å². The molecule has 0 atom stereocenters. The van der Waals surface area contributed by atoms with Crippen LogP contribution >= 0.6 is 11.8 Å². The van der Waals surface area contributed by atoms with E-state index in [9.17, 15) is 9.18 Å². The van der Waals surface area contributed by atoms with Gasteiger partial charge in [0.1, 0.15) is 11.6 Å². The van der Waals surface area contributed by atoms with Crippen molar-refractivity contribution in [2.24, 2.45) is 0 Å². The third-order valence-corrected chi connectivity index (χ3v) is 5.93. The Morgan fingerprint density at radius 3 is 2.55 bits per heavy atom. The Labute approximate surface area is 175 Å². The van der Waals surface area contributed by atoms with E-state index in [0.29, 0.717) is 36.7 Å². The van der Waals surface area contributed by atoms with Crippen molar-refractivity contribution in [1.82, 2.24) is 9.80 Å². The van der Waals surface area contributed by atoms with Crippen LogP contribution in [0.25, 0.3) is 0 Å². The number of ether oxygens (including phenoxy) is 1. The summed E-state index contributed by atoms with van der Waals surface area (Å²) in [4.78, 5) is 16.6. The Morgan fingerprint density at radius 2 is 1.90 bits per heavy atom. The van der Waals surface area contributed by atoms with Crippen LogP contribution in [0.2, 0.25) is 0 Å². The van der Waals surface area contributed by atoms with Gasteiger partial charge in [-0.25, -0.2) is 4.39 Å². The highest BCUT2D eigenvalue weighted by molar-refractivity contribution is 7.99. The Balaban J connectivity index is 1.42. The van der Waals surface area contributed by atoms with E-state index in [1.165, 1.54) is 12.1 Å². The van der Waals surface area contributed by atoms with Crippen LogP contribution in [0.15, 0.2) is 42.5 Å². The highest BCUT2D eigenvalue weighted by Crippen LogP contribution is 2.22. The van der Waals surface area contributed by atoms with E-state index in [2.05, 4.69) is 11.0 Å². The van der Waals surface area contributed by atoms with Gasteiger partial charge in [0.15, 0.2) is 0 Å². The molecule has 3 rings (SSSR count). The monoisotopic (exact) mass is 413 g/mol. The Hall–Kier alpha value is -2.56. The molecular weight excluding hydrogens is 389 g/mol. The standard InChI is InChI=1S/C22H24FN3O2S/c1-28-21-7-6-20(23)12-19(21)14-25-8-10-26(11-9-25)22(27)16-29-15-18-4-2-17(13-24)3-5-18/h2-7,12H,8-11,14-16H2,1H3. The number of nitriles is 1. The molecule has 1 fully saturated rings. The van der Waals surface area contributed by atoms with E-state index in [4.69, 9.17) is 10.00 Å². The molecule has 1 saturated heterocycles. The molecule has 2 aromatic carbocycles. The minimum atomic E-state index is -0.270. The summed E-state index contributed by atoms with van der Waals surface area (Å²) in [5.41, 5.74) is 2.57. The van der Waals surface area contributed by atoms with Gasteiger partial charge in [-0.05, 0) is 35.9 Å². The molecule has 0 N–H and O–H groups in total. The number of hydrogen-bond donors (Lipinski definition) is 0. The van der Waals surface area contributed by atoms with Crippen molar-refractivity contribution in [1.29, 1.82) is 5.26 Å². The van der Waals surface area contributed by atoms with Crippen LogP contribution in [0.1, 0.15) is 16.7 Å². The average Bonchev–Trinajstić information content (AvgIpc) is 2.75. The van der Waals surface area contributed by atoms with E-state index in [0.717, 1.165) is 30.0 Å². The minimum Gasteiger partial charge on any atom is -0.496 e. The van der Waals surface area contributed by atoms with Gasteiger partial charge in [-0.15, -0.1) is 11.8 Å². The van der Waals surface area contributed by atoms with Crippen LogP contribution in [-0.2, 0) is 17.1 Å². The fraction of sp³-hybridized carbons (Fsp3) is 0.364. The molecule has 0 spiro atoms. The molecule has 1 aliphatic heterocycles. The summed E-state index contributed by atoms with van der Waals surface area (Å²) in [7, 11) is 1.59. The quantitative estimate of drug-likeness (QED) is 0.697. The average molecular weight is 414 g/mol. The third kappa shape index (κ3) is 5.96. The molecule has 0 bridgehead atoms. The van der Waals surface area contributed by atoms with Crippen LogP contribution in [0, 0.1) is 17.1 Å². The van der Waals surface area contributed by atoms with Crippen LogP contribution < -0.4 is 4.74 Å². The number of benzene rings is 2. The molecule has 0 aliphatic carbocycles. The molecule has 0 unspecified atom stereocenters. The largest absolute Gasteiger partial charge is 0.496 e. The van der Waals surface area contributed by atoms with Crippen LogP contribution in [0.5, 0.6) is 5.75 Å². The zero-order chi connectivity index (χ0) is 20.6. The number of halogens is 1. The molecule has 1 amide bonds. The minimum absolute atomic E-state index is 0.145. The smallest absolute Gasteiger partial charge is 0.232 e. The molecule has 152 valence electrons. The second-order valence-electron chi connectivity index (χ2n) is 6.91. The number of nitrogens with zero attached hydrogens (tertiary/aromatic N) is 3. The van der Waals surface area contributed by atoms with Crippen molar-refractivity contribution < 1.29 is 13.9 Å². The molecule has 5 nitrogen and oxygen atoms in total. The van der Waals surface area contributed by atoms with E-state index in [-0.39, 0.29) is 11.7 Å². The van der Waals surface area contributed by atoms with Gasteiger partial charge in [0.2, 0.25) is 5.91 Å². The molecule has 7 heteroatoms. The molecule has 0 radical (unpaired) electrons. The lowest BCUT2D eigenvalue weighted by molar-refractivity contribution is -0.130. The van der Waals surface area contributed by atoms with Crippen molar-refractivity contribution in [3.05, 3.63) is 65.0 Å². The van der Waals surface area contributed by atoms with Gasteiger partial charge in [-0.2, -0.15) is 5.26 Å². The number of methoxy groups -OCH3 is 1. The lowest BCUT2D eigenvalue weighted by Crippen LogP contribution is -2.48. The van der Waals surface area contributed by atoms with E-state index in [1.807, 2.05) is 17.0 Å². The van der Waals surface area contributed by atoms with Crippen LogP contribution in [0.3, 0.4) is 0 Å². The first-order valence-corrected chi connectivity index (χ1v) is 10.6. The number of amides is 1. The maximum Gasteiger partial charge on any atom is 0.232 e. The summed E-state index contributed by atoms with van der Waals surface area (Å²) in [6, 6.07) is 14.1. The molecule has 2 aromatic rings. The summed E-state index contributed by atoms with van der Waals surface area (Å²) in [5, 5.41) is 8.83. The summed E-state index contributed by atoms with van der Waals surface area (Å²) >= 11 is 1.59. The summed E-state index contributed by atoms with van der Waals surface area (Å²) in [5.74, 6) is 1.75. The maximum absolute atomic E-state index is 13.5. The Morgan fingerprint density at radius 1 is 1.17 bits per heavy atom. The lowest BCUT2D eigenvalue weighted by Gasteiger charge is -2.35. The summed E-state index contributed by atoms with van der Waals surface area (Å²) < 4.78 is 18.9. The number of thioether (sulfide) groups is 1. The Bertz CT molecular complexity index is 875. The van der Waals surface area contributed by atoms with Gasteiger partial charge in [-0.1, -0.05) is 12.1 Å². The molecule has 1 heterocycles. The maximum atomic E-state index is 13.5. The number of hydrogen-bond acceptors (Lipinski definition) is 5. The van der Waals surface area contributed by atoms with Crippen molar-refractivity contribution in [3.63, 3.8) is 0 Å². The second kappa shape index (κ2) is 10.3. The third-order valence-electron chi connectivity index (χ3n) is 4.94. The van der Waals surface area contributed by atoms with E-state index >= 15 is 0 Å². The molecule has 1 aliphatic rings. The molecule has 0 aromatic heterocycles. The highest BCUT2D eigenvalue weighted by Gasteiger charge is 2.22. The number of piperazine rings is 1. The van der Waals surface area contributed by atoms with Gasteiger partial charge in [0.25, 0.3) is 0 Å². The van der Waals surface area contributed by atoms with Gasteiger partial charge in [0, 0.05) is 44.0 Å². The first-order valence-electron chi connectivity index (χ1n) is 9.48. The fourth-order valence-corrected chi connectivity index (χ4v) is 4.18. The van der Waals surface area contributed by atoms with Crippen LogP contribution in [-0.4, -0.2) is 54.7 Å². The summed E-state index contributed by atoms with van der Waals surface area (Å²) in [6.07, 6.45) is 0. The van der Waals surface area contributed by atoms with E-state index < -0.39 is 0 Å². The van der Waals surface area contributed by atoms with Gasteiger partial charge < -0.3 is 9.64 Å². The first kappa shape index (κ1) is 21.2. The van der Waals surface area contributed by atoms with E-state index in [1.54, 1.807) is 37.1 Å². The molecular formula is C22H24FN3O2S. The van der Waals surface area contributed by atoms with Crippen LogP contribution in [0.4, 0.5) is 4.39 Å². The van der Waals surface area contributed by atoms with Crippen molar-refractivity contribution >= 4 is 17.7 Å². The predicted molar refractivity (Wildman–Crippen MR) is 112 cm³/mol. The zero-order valence-corrected chi connectivity index (χ0v) is 17.3. The van der Waals surface area contributed by atoms with Crippen molar-refractivity contribution in [3.8, 4) is 11.8 Å². The number of carbonyl (C=O) groups excluding carboxylic acids is 1.